The smallest absolute Gasteiger partial charge is 0.335 e. The lowest BCUT2D eigenvalue weighted by molar-refractivity contribution is 0.0697. The first-order valence-corrected chi connectivity index (χ1v) is 7.11. The van der Waals surface area contributed by atoms with E-state index in [1.807, 2.05) is 24.4 Å². The number of carboxylic acids is 1. The maximum absolute atomic E-state index is 12.1. The highest BCUT2D eigenvalue weighted by molar-refractivity contribution is 7.09. The van der Waals surface area contributed by atoms with E-state index in [-0.39, 0.29) is 17.5 Å². The lowest BCUT2D eigenvalue weighted by Gasteiger charge is -2.13. The first-order valence-electron chi connectivity index (χ1n) is 6.23. The molecule has 5 heteroatoms. The van der Waals surface area contributed by atoms with Gasteiger partial charge >= 0.3 is 5.97 Å². The summed E-state index contributed by atoms with van der Waals surface area (Å²) in [4.78, 5) is 24.1. The minimum Gasteiger partial charge on any atom is -0.478 e. The second kappa shape index (κ2) is 6.34. The van der Waals surface area contributed by atoms with E-state index in [0.717, 1.165) is 6.42 Å². The van der Waals surface area contributed by atoms with Crippen LogP contribution in [0.3, 0.4) is 0 Å². The van der Waals surface area contributed by atoms with Crippen LogP contribution in [0.25, 0.3) is 0 Å². The number of benzene rings is 1. The van der Waals surface area contributed by atoms with Gasteiger partial charge in [-0.3, -0.25) is 4.79 Å². The van der Waals surface area contributed by atoms with E-state index in [2.05, 4.69) is 5.32 Å². The summed E-state index contributed by atoms with van der Waals surface area (Å²) in [5.41, 5.74) is 0.478. The molecule has 2 N–H and O–H groups in total. The molecule has 0 radical (unpaired) electrons. The number of thiophene rings is 1. The summed E-state index contributed by atoms with van der Waals surface area (Å²) in [6.07, 6.45) is 0.766. The first kappa shape index (κ1) is 14.3. The predicted molar refractivity (Wildman–Crippen MR) is 78.4 cm³/mol. The van der Waals surface area contributed by atoms with Gasteiger partial charge in [0, 0.05) is 22.9 Å². The van der Waals surface area contributed by atoms with Crippen molar-refractivity contribution in [1.29, 1.82) is 0 Å². The van der Waals surface area contributed by atoms with E-state index in [1.54, 1.807) is 23.5 Å². The SMILES string of the molecule is CC(Cc1cccs1)NC(=O)c1cccc(C(=O)O)c1. The van der Waals surface area contributed by atoms with Crippen molar-refractivity contribution in [3.63, 3.8) is 0 Å². The fourth-order valence-electron chi connectivity index (χ4n) is 1.88. The topological polar surface area (TPSA) is 66.4 Å². The summed E-state index contributed by atoms with van der Waals surface area (Å²) in [6.45, 7) is 1.93. The Morgan fingerprint density at radius 2 is 2.00 bits per heavy atom. The van der Waals surface area contributed by atoms with Gasteiger partial charge in [0.2, 0.25) is 0 Å². The molecule has 1 amide bonds. The molecule has 1 heterocycles. The molecule has 2 aromatic rings. The molecule has 4 nitrogen and oxygen atoms in total. The van der Waals surface area contributed by atoms with Crippen molar-refractivity contribution in [2.24, 2.45) is 0 Å². The van der Waals surface area contributed by atoms with E-state index in [4.69, 9.17) is 5.11 Å². The van der Waals surface area contributed by atoms with Crippen LogP contribution in [0.2, 0.25) is 0 Å². The van der Waals surface area contributed by atoms with Gasteiger partial charge in [-0.25, -0.2) is 4.79 Å². The van der Waals surface area contributed by atoms with Gasteiger partial charge in [-0.15, -0.1) is 11.3 Å². The van der Waals surface area contributed by atoms with Crippen LogP contribution in [0, 0.1) is 0 Å². The molecule has 0 aliphatic carbocycles. The summed E-state index contributed by atoms with van der Waals surface area (Å²) >= 11 is 1.65. The highest BCUT2D eigenvalue weighted by Gasteiger charge is 2.12. The van der Waals surface area contributed by atoms with Crippen molar-refractivity contribution >= 4 is 23.2 Å². The van der Waals surface area contributed by atoms with E-state index in [0.29, 0.717) is 5.56 Å². The minimum atomic E-state index is -1.04. The maximum atomic E-state index is 12.1. The molecule has 1 atom stereocenters. The van der Waals surface area contributed by atoms with Crippen molar-refractivity contribution in [3.8, 4) is 0 Å². The molecule has 0 saturated heterocycles. The molecular formula is C15H15NO3S. The predicted octanol–water partition coefficient (Wildman–Crippen LogP) is 2.81. The molecule has 0 aliphatic heterocycles. The normalized spacial score (nSPS) is 11.8. The third kappa shape index (κ3) is 3.68. The molecule has 104 valence electrons. The third-order valence-electron chi connectivity index (χ3n) is 2.84. The zero-order valence-corrected chi connectivity index (χ0v) is 11.8. The van der Waals surface area contributed by atoms with Crippen molar-refractivity contribution < 1.29 is 14.7 Å². The Morgan fingerprint density at radius 1 is 1.25 bits per heavy atom. The Morgan fingerprint density at radius 3 is 2.65 bits per heavy atom. The largest absolute Gasteiger partial charge is 0.478 e. The second-order valence-corrected chi connectivity index (χ2v) is 5.58. The van der Waals surface area contributed by atoms with Crippen LogP contribution in [0.5, 0.6) is 0 Å². The molecule has 20 heavy (non-hydrogen) atoms. The summed E-state index contributed by atoms with van der Waals surface area (Å²) < 4.78 is 0. The quantitative estimate of drug-likeness (QED) is 0.889. The van der Waals surface area contributed by atoms with E-state index < -0.39 is 5.97 Å². The molecule has 0 fully saturated rings. The zero-order valence-electron chi connectivity index (χ0n) is 11.0. The van der Waals surface area contributed by atoms with Gasteiger partial charge in [0.1, 0.15) is 0 Å². The zero-order chi connectivity index (χ0) is 14.5. The number of hydrogen-bond donors (Lipinski definition) is 2. The highest BCUT2D eigenvalue weighted by Crippen LogP contribution is 2.12. The lowest BCUT2D eigenvalue weighted by Crippen LogP contribution is -2.33. The van der Waals surface area contributed by atoms with Crippen LogP contribution < -0.4 is 5.32 Å². The standard InChI is InChI=1S/C15H15NO3S/c1-10(8-13-6-3-7-20-13)16-14(17)11-4-2-5-12(9-11)15(18)19/h2-7,9-10H,8H2,1H3,(H,16,17)(H,18,19). The van der Waals surface area contributed by atoms with Gasteiger partial charge in [0.15, 0.2) is 0 Å². The Bertz CT molecular complexity index is 607. The number of nitrogens with one attached hydrogen (secondary N) is 1. The molecule has 0 saturated carbocycles. The summed E-state index contributed by atoms with van der Waals surface area (Å²) in [7, 11) is 0. The number of hydrogen-bond acceptors (Lipinski definition) is 3. The van der Waals surface area contributed by atoms with Gasteiger partial charge in [0.25, 0.3) is 5.91 Å². The summed E-state index contributed by atoms with van der Waals surface area (Å²) in [6, 6.07) is 10.0. The summed E-state index contributed by atoms with van der Waals surface area (Å²) in [5, 5.41) is 13.8. The van der Waals surface area contributed by atoms with E-state index >= 15 is 0 Å². The monoisotopic (exact) mass is 289 g/mol. The minimum absolute atomic E-state index is 0.00497. The molecule has 1 aromatic heterocycles. The molecule has 0 aliphatic rings. The van der Waals surface area contributed by atoms with Crippen molar-refractivity contribution in [3.05, 3.63) is 57.8 Å². The molecule has 2 rings (SSSR count). The number of amides is 1. The Hall–Kier alpha value is -2.14. The van der Waals surface area contributed by atoms with Crippen molar-refractivity contribution in [1.82, 2.24) is 5.32 Å². The van der Waals surface area contributed by atoms with Crippen LogP contribution in [-0.4, -0.2) is 23.0 Å². The number of carbonyl (C=O) groups excluding carboxylic acids is 1. The van der Waals surface area contributed by atoms with Crippen LogP contribution in [0.15, 0.2) is 41.8 Å². The van der Waals surface area contributed by atoms with Crippen molar-refractivity contribution in [2.45, 2.75) is 19.4 Å². The average Bonchev–Trinajstić information content (AvgIpc) is 2.91. The Labute approximate surface area is 121 Å². The number of carbonyl (C=O) groups is 2. The van der Waals surface area contributed by atoms with Crippen LogP contribution in [0.1, 0.15) is 32.5 Å². The molecule has 0 spiro atoms. The average molecular weight is 289 g/mol. The Balaban J connectivity index is 2.00. The van der Waals surface area contributed by atoms with E-state index in [9.17, 15) is 9.59 Å². The van der Waals surface area contributed by atoms with Gasteiger partial charge in [0.05, 0.1) is 5.56 Å². The maximum Gasteiger partial charge on any atom is 0.335 e. The van der Waals surface area contributed by atoms with Crippen LogP contribution in [-0.2, 0) is 6.42 Å². The number of carboxylic acid groups (broad SMARTS) is 1. The molecule has 1 aromatic carbocycles. The molecule has 1 unspecified atom stereocenters. The van der Waals surface area contributed by atoms with Gasteiger partial charge in [-0.2, -0.15) is 0 Å². The second-order valence-electron chi connectivity index (χ2n) is 4.54. The van der Waals surface area contributed by atoms with Crippen molar-refractivity contribution in [2.75, 3.05) is 0 Å². The van der Waals surface area contributed by atoms with E-state index in [1.165, 1.54) is 17.0 Å². The fourth-order valence-corrected chi connectivity index (χ4v) is 2.72. The number of aromatic carboxylic acids is 1. The van der Waals surface area contributed by atoms with Gasteiger partial charge in [-0.05, 0) is 36.6 Å². The van der Waals surface area contributed by atoms with Crippen LogP contribution in [0.4, 0.5) is 0 Å². The van der Waals surface area contributed by atoms with Gasteiger partial charge in [-0.1, -0.05) is 12.1 Å². The van der Waals surface area contributed by atoms with Crippen LogP contribution >= 0.6 is 11.3 Å². The lowest BCUT2D eigenvalue weighted by atomic mass is 10.1. The molecular weight excluding hydrogens is 274 g/mol. The summed E-state index contributed by atoms with van der Waals surface area (Å²) in [5.74, 6) is -1.29. The fraction of sp³-hybridized carbons (Fsp3) is 0.200. The first-order chi connectivity index (χ1) is 9.56. The third-order valence-corrected chi connectivity index (χ3v) is 3.74. The Kier molecular flexibility index (Phi) is 4.53. The molecule has 0 bridgehead atoms. The highest BCUT2D eigenvalue weighted by atomic mass is 32.1. The number of rotatable bonds is 5. The van der Waals surface area contributed by atoms with Gasteiger partial charge < -0.3 is 10.4 Å².